The Balaban J connectivity index is 2.37. The molecule has 0 saturated carbocycles. The van der Waals surface area contributed by atoms with Gasteiger partial charge in [0.05, 0.1) is 14.2 Å². The molecule has 0 aliphatic rings. The second kappa shape index (κ2) is 7.50. The minimum Gasteiger partial charge on any atom is -0.507 e. The number of ether oxygens (including phenoxy) is 3. The Morgan fingerprint density at radius 3 is 2.25 bits per heavy atom. The Labute approximate surface area is 139 Å². The molecule has 126 valence electrons. The van der Waals surface area contributed by atoms with Crippen LogP contribution in [0, 0.1) is 0 Å². The van der Waals surface area contributed by atoms with Crippen LogP contribution in [0.25, 0.3) is 0 Å². The highest BCUT2D eigenvalue weighted by Gasteiger charge is 2.20. The average molecular weight is 330 g/mol. The van der Waals surface area contributed by atoms with E-state index in [0.717, 1.165) is 0 Å². The molecule has 0 radical (unpaired) electrons. The number of carbonyl (C=O) groups excluding carboxylic acids is 2. The molecule has 0 spiro atoms. The van der Waals surface area contributed by atoms with Gasteiger partial charge >= 0.3 is 5.97 Å². The van der Waals surface area contributed by atoms with Gasteiger partial charge in [-0.1, -0.05) is 0 Å². The van der Waals surface area contributed by atoms with Gasteiger partial charge in [-0.15, -0.1) is 0 Å². The lowest BCUT2D eigenvalue weighted by Crippen LogP contribution is -2.06. The standard InChI is InChI=1S/C18H18O6/c1-11(19)24-10-12-8-15(20)17(16(9-12)23-3)18(21)13-4-6-14(22-2)7-5-13/h4-9,20H,10H2,1-3H3. The first-order valence-electron chi connectivity index (χ1n) is 7.18. The van der Waals surface area contributed by atoms with Gasteiger partial charge in [-0.3, -0.25) is 9.59 Å². The van der Waals surface area contributed by atoms with Gasteiger partial charge < -0.3 is 19.3 Å². The van der Waals surface area contributed by atoms with Crippen LogP contribution in [-0.4, -0.2) is 31.1 Å². The van der Waals surface area contributed by atoms with E-state index in [1.807, 2.05) is 0 Å². The maximum atomic E-state index is 12.7. The summed E-state index contributed by atoms with van der Waals surface area (Å²) < 4.78 is 15.2. The molecule has 1 N–H and O–H groups in total. The number of aromatic hydroxyl groups is 1. The highest BCUT2D eigenvalue weighted by atomic mass is 16.5. The molecule has 0 amide bonds. The molecule has 2 aromatic carbocycles. The van der Waals surface area contributed by atoms with E-state index in [2.05, 4.69) is 0 Å². The molecule has 6 heteroatoms. The van der Waals surface area contributed by atoms with E-state index in [0.29, 0.717) is 16.9 Å². The Kier molecular flexibility index (Phi) is 5.42. The normalized spacial score (nSPS) is 10.1. The van der Waals surface area contributed by atoms with Crippen molar-refractivity contribution in [1.82, 2.24) is 0 Å². The number of benzene rings is 2. The Hall–Kier alpha value is -3.02. The van der Waals surface area contributed by atoms with Crippen LogP contribution in [0.5, 0.6) is 17.2 Å². The third-order valence-electron chi connectivity index (χ3n) is 3.38. The number of ketones is 1. The summed E-state index contributed by atoms with van der Waals surface area (Å²) in [4.78, 5) is 23.5. The number of hydrogen-bond donors (Lipinski definition) is 1. The fourth-order valence-corrected chi connectivity index (χ4v) is 2.20. The molecular weight excluding hydrogens is 312 g/mol. The van der Waals surface area contributed by atoms with E-state index in [9.17, 15) is 14.7 Å². The minimum atomic E-state index is -0.438. The van der Waals surface area contributed by atoms with Crippen LogP contribution in [0.15, 0.2) is 36.4 Å². The largest absolute Gasteiger partial charge is 0.507 e. The molecule has 2 rings (SSSR count). The molecule has 0 unspecified atom stereocenters. The second-order valence-electron chi connectivity index (χ2n) is 5.03. The average Bonchev–Trinajstić information content (AvgIpc) is 2.58. The summed E-state index contributed by atoms with van der Waals surface area (Å²) in [5.41, 5.74) is 0.956. The zero-order valence-corrected chi connectivity index (χ0v) is 13.7. The van der Waals surface area contributed by atoms with Crippen LogP contribution in [0.4, 0.5) is 0 Å². The van der Waals surface area contributed by atoms with Crippen molar-refractivity contribution in [3.05, 3.63) is 53.1 Å². The van der Waals surface area contributed by atoms with Crippen molar-refractivity contribution in [2.75, 3.05) is 14.2 Å². The van der Waals surface area contributed by atoms with Gasteiger partial charge in [-0.2, -0.15) is 0 Å². The lowest BCUT2D eigenvalue weighted by Gasteiger charge is -2.12. The highest BCUT2D eigenvalue weighted by molar-refractivity contribution is 6.12. The van der Waals surface area contributed by atoms with Crippen LogP contribution in [0.3, 0.4) is 0 Å². The molecule has 2 aromatic rings. The molecule has 0 bridgehead atoms. The van der Waals surface area contributed by atoms with Crippen molar-refractivity contribution < 1.29 is 28.9 Å². The second-order valence-corrected chi connectivity index (χ2v) is 5.03. The van der Waals surface area contributed by atoms with Gasteiger partial charge in [0.2, 0.25) is 5.78 Å². The van der Waals surface area contributed by atoms with Crippen molar-refractivity contribution in [2.45, 2.75) is 13.5 Å². The van der Waals surface area contributed by atoms with E-state index in [-0.39, 0.29) is 29.5 Å². The van der Waals surface area contributed by atoms with Crippen LogP contribution < -0.4 is 9.47 Å². The van der Waals surface area contributed by atoms with Crippen LogP contribution in [-0.2, 0) is 16.1 Å². The quantitative estimate of drug-likeness (QED) is 0.648. The van der Waals surface area contributed by atoms with Gasteiger partial charge in [-0.25, -0.2) is 0 Å². The third-order valence-corrected chi connectivity index (χ3v) is 3.38. The Morgan fingerprint density at radius 1 is 1.04 bits per heavy atom. The number of phenols is 1. The summed E-state index contributed by atoms with van der Waals surface area (Å²) >= 11 is 0. The molecule has 6 nitrogen and oxygen atoms in total. The van der Waals surface area contributed by atoms with Crippen molar-refractivity contribution in [3.8, 4) is 17.2 Å². The van der Waals surface area contributed by atoms with Gasteiger partial charge in [0.15, 0.2) is 0 Å². The first-order chi connectivity index (χ1) is 11.5. The summed E-state index contributed by atoms with van der Waals surface area (Å²) in [5.74, 6) is -0.229. The molecule has 0 aliphatic heterocycles. The summed E-state index contributed by atoms with van der Waals surface area (Å²) in [6.45, 7) is 1.27. The number of esters is 1. The molecule has 0 fully saturated rings. The van der Waals surface area contributed by atoms with Crippen LogP contribution in [0.2, 0.25) is 0 Å². The number of methoxy groups -OCH3 is 2. The maximum absolute atomic E-state index is 12.7. The summed E-state index contributed by atoms with van der Waals surface area (Å²) in [7, 11) is 2.93. The van der Waals surface area contributed by atoms with E-state index in [4.69, 9.17) is 14.2 Å². The lowest BCUT2D eigenvalue weighted by atomic mass is 9.99. The van der Waals surface area contributed by atoms with E-state index in [1.165, 1.54) is 27.2 Å². The molecule has 0 aliphatic carbocycles. The third kappa shape index (κ3) is 3.84. The fraction of sp³-hybridized carbons (Fsp3) is 0.222. The lowest BCUT2D eigenvalue weighted by molar-refractivity contribution is -0.142. The molecule has 24 heavy (non-hydrogen) atoms. The van der Waals surface area contributed by atoms with Gasteiger partial charge in [0.25, 0.3) is 0 Å². The monoisotopic (exact) mass is 330 g/mol. The zero-order valence-electron chi connectivity index (χ0n) is 13.7. The molecule has 0 aromatic heterocycles. The summed E-state index contributed by atoms with van der Waals surface area (Å²) in [5, 5.41) is 10.2. The minimum absolute atomic E-state index is 0.0176. The van der Waals surface area contributed by atoms with Crippen molar-refractivity contribution in [2.24, 2.45) is 0 Å². The molecule has 0 atom stereocenters. The number of carbonyl (C=O) groups is 2. The smallest absolute Gasteiger partial charge is 0.302 e. The van der Waals surface area contributed by atoms with Crippen molar-refractivity contribution in [3.63, 3.8) is 0 Å². The topological polar surface area (TPSA) is 82.1 Å². The van der Waals surface area contributed by atoms with E-state index in [1.54, 1.807) is 30.3 Å². The fourth-order valence-electron chi connectivity index (χ4n) is 2.20. The van der Waals surface area contributed by atoms with Crippen molar-refractivity contribution >= 4 is 11.8 Å². The summed E-state index contributed by atoms with van der Waals surface area (Å²) in [6, 6.07) is 9.46. The van der Waals surface area contributed by atoms with Gasteiger partial charge in [0.1, 0.15) is 29.4 Å². The highest BCUT2D eigenvalue weighted by Crippen LogP contribution is 2.32. The van der Waals surface area contributed by atoms with Crippen molar-refractivity contribution in [1.29, 1.82) is 0 Å². The Bertz CT molecular complexity index is 749. The first kappa shape index (κ1) is 17.3. The Morgan fingerprint density at radius 2 is 1.71 bits per heavy atom. The molecule has 0 saturated heterocycles. The maximum Gasteiger partial charge on any atom is 0.302 e. The van der Waals surface area contributed by atoms with E-state index >= 15 is 0 Å². The predicted molar refractivity (Wildman–Crippen MR) is 86.6 cm³/mol. The number of rotatable bonds is 6. The number of hydrogen-bond acceptors (Lipinski definition) is 6. The van der Waals surface area contributed by atoms with Gasteiger partial charge in [0, 0.05) is 12.5 Å². The predicted octanol–water partition coefficient (Wildman–Crippen LogP) is 2.70. The van der Waals surface area contributed by atoms with E-state index < -0.39 is 5.97 Å². The van der Waals surface area contributed by atoms with Crippen LogP contribution in [0.1, 0.15) is 28.4 Å². The first-order valence-corrected chi connectivity index (χ1v) is 7.18. The zero-order chi connectivity index (χ0) is 17.7. The molecular formula is C18H18O6. The van der Waals surface area contributed by atoms with Crippen LogP contribution >= 0.6 is 0 Å². The molecule has 0 heterocycles. The SMILES string of the molecule is COc1ccc(C(=O)c2c(O)cc(COC(C)=O)cc2OC)cc1. The number of phenolic OH excluding ortho intramolecular Hbond substituents is 1. The summed E-state index contributed by atoms with van der Waals surface area (Å²) in [6.07, 6.45) is 0. The van der Waals surface area contributed by atoms with Gasteiger partial charge in [-0.05, 0) is 42.0 Å².